The van der Waals surface area contributed by atoms with Gasteiger partial charge in [-0.3, -0.25) is 0 Å². The van der Waals surface area contributed by atoms with E-state index in [0.717, 1.165) is 0 Å². The van der Waals surface area contributed by atoms with Gasteiger partial charge in [-0.1, -0.05) is 119 Å². The van der Waals surface area contributed by atoms with Crippen LogP contribution in [0.2, 0.25) is 0 Å². The van der Waals surface area contributed by atoms with Gasteiger partial charge in [0.25, 0.3) is 0 Å². The second kappa shape index (κ2) is 8.36. The van der Waals surface area contributed by atoms with Crippen LogP contribution in [-0.4, -0.2) is 4.57 Å². The van der Waals surface area contributed by atoms with Gasteiger partial charge in [0.2, 0.25) is 0 Å². The number of nitrogens with zero attached hydrogens (tertiary/aromatic N) is 1. The number of para-hydroxylation sites is 1. The van der Waals surface area contributed by atoms with Crippen molar-refractivity contribution < 1.29 is 0 Å². The number of aromatic nitrogens is 1. The fraction of sp³-hybridized carbons (Fsp3) is 0.143. The van der Waals surface area contributed by atoms with Crippen LogP contribution in [0.3, 0.4) is 0 Å². The van der Waals surface area contributed by atoms with Crippen LogP contribution in [-0.2, 0) is 10.8 Å². The Morgan fingerprint density at radius 3 is 1.86 bits per heavy atom. The van der Waals surface area contributed by atoms with E-state index in [1.54, 1.807) is 0 Å². The molecular formula is C42H33N. The highest BCUT2D eigenvalue weighted by Gasteiger charge is 2.38. The third kappa shape index (κ3) is 3.23. The van der Waals surface area contributed by atoms with Crippen molar-refractivity contribution >= 4 is 21.8 Å². The lowest BCUT2D eigenvalue weighted by molar-refractivity contribution is 0.660. The van der Waals surface area contributed by atoms with Crippen LogP contribution in [0.1, 0.15) is 49.9 Å². The number of hydrogen-bond acceptors (Lipinski definition) is 0. The molecule has 0 spiro atoms. The molecule has 206 valence electrons. The third-order valence-electron chi connectivity index (χ3n) is 10.4. The topological polar surface area (TPSA) is 4.93 Å². The molecule has 0 amide bonds. The first kappa shape index (κ1) is 24.7. The van der Waals surface area contributed by atoms with Gasteiger partial charge in [-0.05, 0) is 92.0 Å². The Hall–Kier alpha value is -4.88. The molecule has 7 aromatic rings. The summed E-state index contributed by atoms with van der Waals surface area (Å²) in [5, 5.41) is 2.62. The van der Waals surface area contributed by atoms with Crippen molar-refractivity contribution in [3.8, 4) is 39.1 Å². The monoisotopic (exact) mass is 551 g/mol. The minimum absolute atomic E-state index is 0.0422. The predicted octanol–water partition coefficient (Wildman–Crippen LogP) is 11.1. The van der Waals surface area contributed by atoms with E-state index in [1.165, 1.54) is 83.1 Å². The normalized spacial score (nSPS) is 15.3. The van der Waals surface area contributed by atoms with E-state index in [9.17, 15) is 0 Å². The molecule has 1 heterocycles. The van der Waals surface area contributed by atoms with Crippen molar-refractivity contribution in [1.29, 1.82) is 0 Å². The fourth-order valence-corrected chi connectivity index (χ4v) is 8.12. The Kier molecular flexibility index (Phi) is 4.80. The number of fused-ring (bicyclic) bond motifs is 9. The average Bonchev–Trinajstić information content (AvgIpc) is 3.57. The molecule has 0 bridgehead atoms. The zero-order valence-electron chi connectivity index (χ0n) is 25.1. The summed E-state index contributed by atoms with van der Waals surface area (Å²) in [6.45, 7) is 9.51. The zero-order chi connectivity index (χ0) is 29.1. The van der Waals surface area contributed by atoms with E-state index in [0.29, 0.717) is 0 Å². The van der Waals surface area contributed by atoms with Crippen LogP contribution >= 0.6 is 0 Å². The molecule has 1 nitrogen and oxygen atoms in total. The van der Waals surface area contributed by atoms with Crippen LogP contribution in [0.15, 0.2) is 127 Å². The van der Waals surface area contributed by atoms with Crippen LogP contribution in [0.5, 0.6) is 0 Å². The molecule has 0 saturated heterocycles. The molecule has 2 aliphatic rings. The summed E-state index contributed by atoms with van der Waals surface area (Å²) in [6, 6.07) is 47.7. The van der Waals surface area contributed by atoms with E-state index >= 15 is 0 Å². The molecule has 0 saturated carbocycles. The summed E-state index contributed by atoms with van der Waals surface area (Å²) >= 11 is 0. The SMILES string of the molecule is CC1(C)c2cc(-c3ccccc3)ccc2-c2ccc(-n3c4ccccc4c4cc5c(cc43)C(C)(C)c3ccccc3-5)cc21. The largest absolute Gasteiger partial charge is 0.309 e. The Labute approximate surface area is 253 Å². The number of hydrogen-bond donors (Lipinski definition) is 0. The first-order valence-electron chi connectivity index (χ1n) is 15.4. The van der Waals surface area contributed by atoms with Crippen LogP contribution in [0.4, 0.5) is 0 Å². The summed E-state index contributed by atoms with van der Waals surface area (Å²) in [5.41, 5.74) is 17.2. The van der Waals surface area contributed by atoms with Gasteiger partial charge in [0, 0.05) is 27.3 Å². The van der Waals surface area contributed by atoms with Crippen molar-refractivity contribution in [2.45, 2.75) is 38.5 Å². The Bertz CT molecular complexity index is 2280. The van der Waals surface area contributed by atoms with E-state index in [1.807, 2.05) is 0 Å². The van der Waals surface area contributed by atoms with Gasteiger partial charge < -0.3 is 4.57 Å². The van der Waals surface area contributed by atoms with Crippen LogP contribution in [0.25, 0.3) is 60.9 Å². The van der Waals surface area contributed by atoms with Crippen molar-refractivity contribution in [1.82, 2.24) is 4.57 Å². The first-order chi connectivity index (χ1) is 20.8. The molecule has 0 aliphatic heterocycles. The van der Waals surface area contributed by atoms with E-state index in [-0.39, 0.29) is 10.8 Å². The molecule has 0 radical (unpaired) electrons. The molecule has 0 N–H and O–H groups in total. The predicted molar refractivity (Wildman–Crippen MR) is 181 cm³/mol. The maximum absolute atomic E-state index is 2.50. The molecule has 6 aromatic carbocycles. The van der Waals surface area contributed by atoms with Gasteiger partial charge in [0.1, 0.15) is 0 Å². The van der Waals surface area contributed by atoms with E-state index < -0.39 is 0 Å². The summed E-state index contributed by atoms with van der Waals surface area (Å²) in [6.07, 6.45) is 0. The molecule has 1 heteroatoms. The van der Waals surface area contributed by atoms with Crippen molar-refractivity contribution in [3.63, 3.8) is 0 Å². The van der Waals surface area contributed by atoms with Crippen molar-refractivity contribution in [2.75, 3.05) is 0 Å². The van der Waals surface area contributed by atoms with Gasteiger partial charge in [-0.15, -0.1) is 0 Å². The molecule has 0 fully saturated rings. The molecule has 9 rings (SSSR count). The Morgan fingerprint density at radius 1 is 0.395 bits per heavy atom. The van der Waals surface area contributed by atoms with Crippen LogP contribution < -0.4 is 0 Å². The molecular weight excluding hydrogens is 518 g/mol. The number of rotatable bonds is 2. The highest BCUT2D eigenvalue weighted by atomic mass is 15.0. The first-order valence-corrected chi connectivity index (χ1v) is 15.4. The minimum atomic E-state index is -0.102. The highest BCUT2D eigenvalue weighted by Crippen LogP contribution is 2.52. The van der Waals surface area contributed by atoms with Crippen molar-refractivity contribution in [2.24, 2.45) is 0 Å². The highest BCUT2D eigenvalue weighted by molar-refractivity contribution is 6.11. The molecule has 0 atom stereocenters. The molecule has 1 aromatic heterocycles. The minimum Gasteiger partial charge on any atom is -0.309 e. The van der Waals surface area contributed by atoms with E-state index in [4.69, 9.17) is 0 Å². The van der Waals surface area contributed by atoms with Crippen LogP contribution in [0, 0.1) is 0 Å². The second-order valence-corrected chi connectivity index (χ2v) is 13.4. The standard InChI is InChI=1S/C42H33N/c1-41(2)35-16-10-8-14-29(35)33-24-34-32-15-9-11-17-39(32)43(40(34)25-38(33)41)28-19-21-31-30-20-18-27(26-12-6-5-7-13-26)22-36(30)42(3,4)37(31)23-28/h5-25H,1-4H3. The van der Waals surface area contributed by atoms with Gasteiger partial charge in [-0.25, -0.2) is 0 Å². The lowest BCUT2D eigenvalue weighted by Gasteiger charge is -2.23. The van der Waals surface area contributed by atoms with Crippen molar-refractivity contribution in [3.05, 3.63) is 150 Å². The summed E-state index contributed by atoms with van der Waals surface area (Å²) in [4.78, 5) is 0. The Balaban J connectivity index is 1.26. The van der Waals surface area contributed by atoms with E-state index in [2.05, 4.69) is 160 Å². The summed E-state index contributed by atoms with van der Waals surface area (Å²) in [7, 11) is 0. The average molecular weight is 552 g/mol. The maximum atomic E-state index is 2.50. The Morgan fingerprint density at radius 2 is 1.02 bits per heavy atom. The number of benzene rings is 6. The maximum Gasteiger partial charge on any atom is 0.0544 e. The quantitative estimate of drug-likeness (QED) is 0.201. The van der Waals surface area contributed by atoms with Gasteiger partial charge in [-0.2, -0.15) is 0 Å². The fourth-order valence-electron chi connectivity index (χ4n) is 8.12. The lowest BCUT2D eigenvalue weighted by Crippen LogP contribution is -2.15. The zero-order valence-corrected chi connectivity index (χ0v) is 25.1. The summed E-state index contributed by atoms with van der Waals surface area (Å²) < 4.78 is 2.50. The lowest BCUT2D eigenvalue weighted by atomic mass is 9.81. The van der Waals surface area contributed by atoms with Gasteiger partial charge in [0.15, 0.2) is 0 Å². The second-order valence-electron chi connectivity index (χ2n) is 13.4. The smallest absolute Gasteiger partial charge is 0.0544 e. The van der Waals surface area contributed by atoms with Gasteiger partial charge in [0.05, 0.1) is 11.0 Å². The molecule has 0 unspecified atom stereocenters. The molecule has 2 aliphatic carbocycles. The van der Waals surface area contributed by atoms with Gasteiger partial charge >= 0.3 is 0 Å². The summed E-state index contributed by atoms with van der Waals surface area (Å²) in [5.74, 6) is 0. The molecule has 43 heavy (non-hydrogen) atoms. The third-order valence-corrected chi connectivity index (χ3v) is 10.4.